The molecule has 0 amide bonds. The predicted molar refractivity (Wildman–Crippen MR) is 113 cm³/mol. The van der Waals surface area contributed by atoms with Crippen molar-refractivity contribution < 1.29 is 0 Å². The van der Waals surface area contributed by atoms with Crippen LogP contribution in [-0.4, -0.2) is 28.2 Å². The van der Waals surface area contributed by atoms with Gasteiger partial charge in [0.05, 0.1) is 6.54 Å². The molecule has 8 heteroatoms. The van der Waals surface area contributed by atoms with Gasteiger partial charge in [-0.05, 0) is 30.7 Å². The number of aromatic nitrogens is 3. The Labute approximate surface area is 168 Å². The molecule has 132 valence electrons. The van der Waals surface area contributed by atoms with E-state index in [1.165, 1.54) is 16.1 Å². The molecule has 0 unspecified atom stereocenters. The van der Waals surface area contributed by atoms with E-state index in [2.05, 4.69) is 62.0 Å². The minimum absolute atomic E-state index is 0. The summed E-state index contributed by atoms with van der Waals surface area (Å²) in [6.07, 6.45) is 1.51. The van der Waals surface area contributed by atoms with E-state index in [0.717, 1.165) is 29.5 Å². The Hall–Kier alpha value is -1.94. The van der Waals surface area contributed by atoms with Gasteiger partial charge < -0.3 is 10.6 Å². The lowest BCUT2D eigenvalue weighted by Crippen LogP contribution is -2.36. The summed E-state index contributed by atoms with van der Waals surface area (Å²) in [5.41, 5.74) is 2.17. The molecule has 0 saturated carbocycles. The van der Waals surface area contributed by atoms with Crippen molar-refractivity contribution in [1.29, 1.82) is 0 Å². The fourth-order valence-electron chi connectivity index (χ4n) is 2.33. The van der Waals surface area contributed by atoms with Gasteiger partial charge in [0.2, 0.25) is 0 Å². The van der Waals surface area contributed by atoms with Crippen molar-refractivity contribution in [2.75, 3.05) is 7.05 Å². The van der Waals surface area contributed by atoms with E-state index in [0.29, 0.717) is 6.54 Å². The van der Waals surface area contributed by atoms with Crippen molar-refractivity contribution in [3.8, 4) is 11.4 Å². The first kappa shape index (κ1) is 19.4. The first-order valence-corrected chi connectivity index (χ1v) is 8.51. The lowest BCUT2D eigenvalue weighted by Gasteiger charge is -2.11. The summed E-state index contributed by atoms with van der Waals surface area (Å²) in [5, 5.41) is 13.4. The van der Waals surface area contributed by atoms with E-state index in [1.807, 2.05) is 12.1 Å². The number of nitrogens with zero attached hydrogens (tertiary/aromatic N) is 3. The van der Waals surface area contributed by atoms with Crippen LogP contribution in [0.25, 0.3) is 11.4 Å². The van der Waals surface area contributed by atoms with Crippen molar-refractivity contribution in [3.63, 3.8) is 0 Å². The highest BCUT2D eigenvalue weighted by Crippen LogP contribution is 2.16. The number of hydrogen-bond acceptors (Lipinski definition) is 4. The Kier molecular flexibility index (Phi) is 7.38. The van der Waals surface area contributed by atoms with Crippen LogP contribution in [0.15, 0.2) is 47.7 Å². The summed E-state index contributed by atoms with van der Waals surface area (Å²) in [6, 6.07) is 12.5. The lowest BCUT2D eigenvalue weighted by atomic mass is 10.1. The SMILES string of the molecule is CN=C(NCc1cccc(-c2ncn[nH]2)c1)NCc1ccc(C)s1.I. The van der Waals surface area contributed by atoms with Crippen LogP contribution >= 0.6 is 35.3 Å². The average Bonchev–Trinajstić information content (AvgIpc) is 3.27. The zero-order valence-corrected chi connectivity index (χ0v) is 17.3. The second-order valence-corrected chi connectivity index (χ2v) is 6.70. The van der Waals surface area contributed by atoms with Gasteiger partial charge in [-0.3, -0.25) is 10.1 Å². The van der Waals surface area contributed by atoms with Gasteiger partial charge in [0.1, 0.15) is 6.33 Å². The summed E-state index contributed by atoms with van der Waals surface area (Å²) < 4.78 is 0. The molecular formula is C17H21IN6S. The van der Waals surface area contributed by atoms with Crippen LogP contribution < -0.4 is 10.6 Å². The smallest absolute Gasteiger partial charge is 0.191 e. The molecule has 3 N–H and O–H groups in total. The van der Waals surface area contributed by atoms with Crippen molar-refractivity contribution in [2.24, 2.45) is 4.99 Å². The molecule has 0 bridgehead atoms. The highest BCUT2D eigenvalue weighted by atomic mass is 127. The molecule has 0 fully saturated rings. The Balaban J connectivity index is 0.00000225. The summed E-state index contributed by atoms with van der Waals surface area (Å²) in [7, 11) is 1.78. The molecule has 0 aliphatic carbocycles. The monoisotopic (exact) mass is 468 g/mol. The number of nitrogens with one attached hydrogen (secondary N) is 3. The fraction of sp³-hybridized carbons (Fsp3) is 0.235. The number of halogens is 1. The zero-order chi connectivity index (χ0) is 16.8. The molecular weight excluding hydrogens is 447 g/mol. The Morgan fingerprint density at radius 3 is 2.72 bits per heavy atom. The van der Waals surface area contributed by atoms with Gasteiger partial charge >= 0.3 is 0 Å². The molecule has 0 aliphatic rings. The number of aliphatic imine (C=N–C) groups is 1. The Bertz CT molecular complexity index is 812. The maximum atomic E-state index is 4.27. The van der Waals surface area contributed by atoms with Gasteiger partial charge in [0.25, 0.3) is 0 Å². The molecule has 3 aromatic rings. The molecule has 6 nitrogen and oxygen atoms in total. The molecule has 1 aromatic carbocycles. The van der Waals surface area contributed by atoms with E-state index in [-0.39, 0.29) is 24.0 Å². The highest BCUT2D eigenvalue weighted by Gasteiger charge is 2.04. The largest absolute Gasteiger partial charge is 0.352 e. The van der Waals surface area contributed by atoms with Crippen molar-refractivity contribution >= 4 is 41.3 Å². The fourth-order valence-corrected chi connectivity index (χ4v) is 3.16. The molecule has 2 aromatic heterocycles. The number of H-pyrrole nitrogens is 1. The normalized spacial score (nSPS) is 11.0. The molecule has 2 heterocycles. The zero-order valence-electron chi connectivity index (χ0n) is 14.1. The third-order valence-electron chi connectivity index (χ3n) is 3.53. The molecule has 0 aliphatic heterocycles. The van der Waals surface area contributed by atoms with Crippen molar-refractivity contribution in [3.05, 3.63) is 58.0 Å². The predicted octanol–water partition coefficient (Wildman–Crippen LogP) is 3.32. The average molecular weight is 468 g/mol. The number of hydrogen-bond donors (Lipinski definition) is 3. The van der Waals surface area contributed by atoms with Gasteiger partial charge in [0.15, 0.2) is 11.8 Å². The van der Waals surface area contributed by atoms with E-state index in [1.54, 1.807) is 18.4 Å². The Morgan fingerprint density at radius 1 is 1.20 bits per heavy atom. The molecule has 0 radical (unpaired) electrons. The third kappa shape index (κ3) is 5.53. The minimum atomic E-state index is 0. The van der Waals surface area contributed by atoms with E-state index >= 15 is 0 Å². The van der Waals surface area contributed by atoms with Crippen molar-refractivity contribution in [1.82, 2.24) is 25.8 Å². The Morgan fingerprint density at radius 2 is 2.04 bits per heavy atom. The maximum absolute atomic E-state index is 4.27. The number of benzene rings is 1. The lowest BCUT2D eigenvalue weighted by molar-refractivity contribution is 0.815. The number of thiophene rings is 1. The van der Waals surface area contributed by atoms with Crippen LogP contribution in [-0.2, 0) is 13.1 Å². The molecule has 0 saturated heterocycles. The van der Waals surface area contributed by atoms with Gasteiger partial charge in [-0.1, -0.05) is 18.2 Å². The van der Waals surface area contributed by atoms with Crippen molar-refractivity contribution in [2.45, 2.75) is 20.0 Å². The van der Waals surface area contributed by atoms with Crippen LogP contribution in [0.2, 0.25) is 0 Å². The quantitative estimate of drug-likeness (QED) is 0.305. The van der Waals surface area contributed by atoms with Gasteiger partial charge in [-0.2, -0.15) is 5.10 Å². The second kappa shape index (κ2) is 9.52. The summed E-state index contributed by atoms with van der Waals surface area (Å²) in [6.45, 7) is 3.57. The summed E-state index contributed by atoms with van der Waals surface area (Å²) in [4.78, 5) is 11.1. The summed E-state index contributed by atoms with van der Waals surface area (Å²) in [5.74, 6) is 1.55. The van der Waals surface area contributed by atoms with Crippen LogP contribution in [0.5, 0.6) is 0 Å². The van der Waals surface area contributed by atoms with Crippen LogP contribution in [0.3, 0.4) is 0 Å². The molecule has 25 heavy (non-hydrogen) atoms. The number of rotatable bonds is 5. The van der Waals surface area contributed by atoms with Crippen LogP contribution in [0, 0.1) is 6.92 Å². The summed E-state index contributed by atoms with van der Waals surface area (Å²) >= 11 is 1.79. The van der Waals surface area contributed by atoms with Crippen LogP contribution in [0.1, 0.15) is 15.3 Å². The topological polar surface area (TPSA) is 78.0 Å². The van der Waals surface area contributed by atoms with Gasteiger partial charge in [-0.15, -0.1) is 35.3 Å². The minimum Gasteiger partial charge on any atom is -0.352 e. The van der Waals surface area contributed by atoms with Crippen LogP contribution in [0.4, 0.5) is 0 Å². The molecule has 0 atom stereocenters. The molecule has 3 rings (SSSR count). The van der Waals surface area contributed by atoms with Gasteiger partial charge in [-0.25, -0.2) is 4.98 Å². The van der Waals surface area contributed by atoms with E-state index in [9.17, 15) is 0 Å². The third-order valence-corrected chi connectivity index (χ3v) is 4.53. The molecule has 0 spiro atoms. The first-order chi connectivity index (χ1) is 11.7. The van der Waals surface area contributed by atoms with E-state index < -0.39 is 0 Å². The van der Waals surface area contributed by atoms with E-state index in [4.69, 9.17) is 0 Å². The maximum Gasteiger partial charge on any atom is 0.191 e. The van der Waals surface area contributed by atoms with Gasteiger partial charge in [0, 0.05) is 28.9 Å². The first-order valence-electron chi connectivity index (χ1n) is 7.69. The highest BCUT2D eigenvalue weighted by molar-refractivity contribution is 14.0. The number of aryl methyl sites for hydroxylation is 1. The standard InChI is InChI=1S/C17H20N6S.HI/c1-12-6-7-15(24-12)10-20-17(18-2)19-9-13-4-3-5-14(8-13)16-21-11-22-23-16;/h3-8,11H,9-10H2,1-2H3,(H2,18,19,20)(H,21,22,23);1H. The number of aromatic amines is 1. The number of guanidine groups is 1. The second-order valence-electron chi connectivity index (χ2n) is 5.33.